The van der Waals surface area contributed by atoms with Crippen LogP contribution >= 0.6 is 0 Å². The fourth-order valence-electron chi connectivity index (χ4n) is 2.95. The summed E-state index contributed by atoms with van der Waals surface area (Å²) in [5, 5.41) is 2.68. The lowest BCUT2D eigenvalue weighted by molar-refractivity contribution is -0.134. The second-order valence-corrected chi connectivity index (χ2v) is 14.3. The van der Waals surface area contributed by atoms with Gasteiger partial charge in [0.25, 0.3) is 5.91 Å². The number of hydroxylamine groups is 1. The maximum absolute atomic E-state index is 13.0. The van der Waals surface area contributed by atoms with Crippen LogP contribution in [0, 0.1) is 5.82 Å². The van der Waals surface area contributed by atoms with Crippen molar-refractivity contribution >= 4 is 20.0 Å². The molecule has 1 atom stereocenters. The molecule has 0 spiro atoms. The number of halogens is 1. The van der Waals surface area contributed by atoms with Crippen molar-refractivity contribution in [2.75, 3.05) is 13.2 Å². The van der Waals surface area contributed by atoms with Crippen molar-refractivity contribution in [2.45, 2.75) is 38.3 Å². The van der Waals surface area contributed by atoms with E-state index in [0.717, 1.165) is 11.6 Å². The molecule has 3 amide bonds. The first-order chi connectivity index (χ1) is 14.7. The van der Waals surface area contributed by atoms with E-state index >= 15 is 0 Å². The zero-order valence-electron chi connectivity index (χ0n) is 18.0. The maximum Gasteiger partial charge on any atom is 0.318 e. The van der Waals surface area contributed by atoms with Crippen LogP contribution in [0.2, 0.25) is 25.7 Å². The van der Waals surface area contributed by atoms with Gasteiger partial charge in [0.1, 0.15) is 23.4 Å². The summed E-state index contributed by atoms with van der Waals surface area (Å²) in [6.45, 7) is 7.79. The first-order valence-corrected chi connectivity index (χ1v) is 13.9. The minimum atomic E-state index is -1.23. The first-order valence-electron chi connectivity index (χ1n) is 10.2. The van der Waals surface area contributed by atoms with Gasteiger partial charge in [0.05, 0.1) is 13.2 Å². The average Bonchev–Trinajstić information content (AvgIpc) is 3.08. The van der Waals surface area contributed by atoms with Gasteiger partial charge in [-0.2, -0.15) is 0 Å². The molecular formula is C22H28FN3O4Si. The number of amides is 3. The van der Waals surface area contributed by atoms with E-state index in [9.17, 15) is 14.0 Å². The highest BCUT2D eigenvalue weighted by Crippen LogP contribution is 2.22. The molecule has 166 valence electrons. The van der Waals surface area contributed by atoms with Crippen LogP contribution in [0.15, 0.2) is 48.5 Å². The molecule has 1 aliphatic heterocycles. The van der Waals surface area contributed by atoms with Crippen molar-refractivity contribution < 1.29 is 23.6 Å². The van der Waals surface area contributed by atoms with Gasteiger partial charge >= 0.3 is 6.03 Å². The highest BCUT2D eigenvalue weighted by atomic mass is 28.3. The van der Waals surface area contributed by atoms with E-state index in [1.165, 1.54) is 12.1 Å². The lowest BCUT2D eigenvalue weighted by Gasteiger charge is -2.16. The van der Waals surface area contributed by atoms with E-state index in [1.54, 1.807) is 29.2 Å². The Bertz CT molecular complexity index is 900. The lowest BCUT2D eigenvalue weighted by Crippen LogP contribution is -2.43. The molecule has 1 saturated heterocycles. The van der Waals surface area contributed by atoms with Gasteiger partial charge in [-0.25, -0.2) is 14.7 Å². The number of hydrogen-bond donors (Lipinski definition) is 2. The summed E-state index contributed by atoms with van der Waals surface area (Å²) in [4.78, 5) is 31.3. The zero-order chi connectivity index (χ0) is 22.4. The number of nitrogens with zero attached hydrogens (tertiary/aromatic N) is 1. The standard InChI is InChI=1S/C22H28FN3O4Si/c1-31(2,3)13-12-29-25-21(27)20-15-26(22(28)24-20)14-16-4-8-18(9-5-16)30-19-10-6-17(23)7-11-19/h4-11,20H,12-15H2,1-3H3,(H,24,28)(H,25,27)/t20-/m1/s1. The summed E-state index contributed by atoms with van der Waals surface area (Å²) in [5.41, 5.74) is 3.34. The molecule has 2 N–H and O–H groups in total. The molecule has 0 saturated carbocycles. The van der Waals surface area contributed by atoms with E-state index in [0.29, 0.717) is 24.7 Å². The fraction of sp³-hybridized carbons (Fsp3) is 0.364. The Hall–Kier alpha value is -2.91. The third kappa shape index (κ3) is 7.07. The highest BCUT2D eigenvalue weighted by molar-refractivity contribution is 6.76. The smallest absolute Gasteiger partial charge is 0.318 e. The van der Waals surface area contributed by atoms with E-state index < -0.39 is 14.1 Å². The summed E-state index contributed by atoms with van der Waals surface area (Å²) in [6, 6.07) is 13.0. The lowest BCUT2D eigenvalue weighted by atomic mass is 10.2. The Morgan fingerprint density at radius 1 is 1.13 bits per heavy atom. The van der Waals surface area contributed by atoms with Crippen LogP contribution in [0.5, 0.6) is 11.5 Å². The van der Waals surface area contributed by atoms with Crippen LogP contribution in [0.1, 0.15) is 5.56 Å². The predicted octanol–water partition coefficient (Wildman–Crippen LogP) is 3.90. The Morgan fingerprint density at radius 3 is 2.35 bits per heavy atom. The molecule has 9 heteroatoms. The van der Waals surface area contributed by atoms with Gasteiger partial charge < -0.3 is 15.0 Å². The van der Waals surface area contributed by atoms with E-state index in [1.807, 2.05) is 12.1 Å². The van der Waals surface area contributed by atoms with E-state index in [4.69, 9.17) is 9.57 Å². The molecule has 3 rings (SSSR count). The molecule has 1 heterocycles. The molecular weight excluding hydrogens is 417 g/mol. The summed E-state index contributed by atoms with van der Waals surface area (Å²) >= 11 is 0. The van der Waals surface area contributed by atoms with Gasteiger partial charge in [0.2, 0.25) is 0 Å². The number of benzene rings is 2. The summed E-state index contributed by atoms with van der Waals surface area (Å²) < 4.78 is 18.6. The van der Waals surface area contributed by atoms with Gasteiger partial charge in [-0.1, -0.05) is 31.8 Å². The average molecular weight is 446 g/mol. The maximum atomic E-state index is 13.0. The summed E-state index contributed by atoms with van der Waals surface area (Å²) in [7, 11) is -1.23. The van der Waals surface area contributed by atoms with Crippen LogP contribution in [0.25, 0.3) is 0 Å². The van der Waals surface area contributed by atoms with Crippen molar-refractivity contribution in [3.63, 3.8) is 0 Å². The molecule has 1 fully saturated rings. The fourth-order valence-corrected chi connectivity index (χ4v) is 3.66. The van der Waals surface area contributed by atoms with Gasteiger partial charge in [0, 0.05) is 14.6 Å². The molecule has 0 aliphatic carbocycles. The largest absolute Gasteiger partial charge is 0.457 e. The van der Waals surface area contributed by atoms with Crippen LogP contribution in [-0.2, 0) is 16.2 Å². The van der Waals surface area contributed by atoms with E-state index in [2.05, 4.69) is 30.4 Å². The molecule has 0 bridgehead atoms. The van der Waals surface area contributed by atoms with Gasteiger partial charge in [0.15, 0.2) is 0 Å². The van der Waals surface area contributed by atoms with Crippen molar-refractivity contribution in [1.82, 2.24) is 15.7 Å². The molecule has 0 radical (unpaired) electrons. The SMILES string of the molecule is C[Si](C)(C)CCONC(=O)[C@H]1CN(Cc2ccc(Oc3ccc(F)cc3)cc2)C(=O)N1. The predicted molar refractivity (Wildman–Crippen MR) is 118 cm³/mol. The number of nitrogens with one attached hydrogen (secondary N) is 2. The Balaban J connectivity index is 1.47. The van der Waals surface area contributed by atoms with E-state index in [-0.39, 0.29) is 24.3 Å². The quantitative estimate of drug-likeness (QED) is 0.349. The van der Waals surface area contributed by atoms with Gasteiger partial charge in [-0.3, -0.25) is 9.63 Å². The van der Waals surface area contributed by atoms with Gasteiger partial charge in [-0.15, -0.1) is 0 Å². The monoisotopic (exact) mass is 445 g/mol. The summed E-state index contributed by atoms with van der Waals surface area (Å²) in [6.07, 6.45) is 0. The van der Waals surface area contributed by atoms with Crippen LogP contribution in [0.4, 0.5) is 9.18 Å². The second-order valence-electron chi connectivity index (χ2n) is 8.71. The Kier molecular flexibility index (Phi) is 7.29. The molecule has 31 heavy (non-hydrogen) atoms. The Morgan fingerprint density at radius 2 is 1.74 bits per heavy atom. The minimum absolute atomic E-state index is 0.260. The molecule has 0 aromatic heterocycles. The topological polar surface area (TPSA) is 79.9 Å². The Labute approximate surface area is 182 Å². The van der Waals surface area contributed by atoms with Crippen molar-refractivity contribution in [3.8, 4) is 11.5 Å². The third-order valence-electron chi connectivity index (χ3n) is 4.78. The number of ether oxygens (including phenoxy) is 1. The van der Waals surface area contributed by atoms with Gasteiger partial charge in [-0.05, 0) is 48.0 Å². The molecule has 2 aromatic rings. The number of carbonyl (C=O) groups excluding carboxylic acids is 2. The first kappa shape index (κ1) is 22.8. The van der Waals surface area contributed by atoms with Crippen molar-refractivity contribution in [2.24, 2.45) is 0 Å². The van der Waals surface area contributed by atoms with Crippen LogP contribution in [-0.4, -0.2) is 44.1 Å². The molecule has 1 aliphatic rings. The molecule has 7 nitrogen and oxygen atoms in total. The highest BCUT2D eigenvalue weighted by Gasteiger charge is 2.33. The number of carbonyl (C=O) groups is 2. The second kappa shape index (κ2) is 9.93. The number of rotatable bonds is 9. The minimum Gasteiger partial charge on any atom is -0.457 e. The molecule has 0 unspecified atom stereocenters. The van der Waals surface area contributed by atoms with Crippen molar-refractivity contribution in [1.29, 1.82) is 0 Å². The van der Waals surface area contributed by atoms with Crippen molar-refractivity contribution in [3.05, 3.63) is 59.9 Å². The number of hydrogen-bond acceptors (Lipinski definition) is 4. The normalized spacial score (nSPS) is 16.2. The van der Waals surface area contributed by atoms with Crippen LogP contribution < -0.4 is 15.5 Å². The third-order valence-corrected chi connectivity index (χ3v) is 6.48. The van der Waals surface area contributed by atoms with Crippen LogP contribution in [0.3, 0.4) is 0 Å². The molecule has 2 aromatic carbocycles. The number of urea groups is 1. The zero-order valence-corrected chi connectivity index (χ0v) is 19.0. The summed E-state index contributed by atoms with van der Waals surface area (Å²) in [5.74, 6) is 0.467.